The summed E-state index contributed by atoms with van der Waals surface area (Å²) in [6.45, 7) is 4.89. The molecule has 0 amide bonds. The third kappa shape index (κ3) is 1.57. The number of carbonyl (C=O) groups excluding carboxylic acids is 2. The van der Waals surface area contributed by atoms with Gasteiger partial charge in [0.25, 0.3) is 0 Å². The van der Waals surface area contributed by atoms with Crippen LogP contribution in [0.2, 0.25) is 0 Å². The summed E-state index contributed by atoms with van der Waals surface area (Å²) in [4.78, 5) is 21.6. The maximum absolute atomic E-state index is 11.0. The fourth-order valence-electron chi connectivity index (χ4n) is 1.15. The Morgan fingerprint density at radius 2 is 2.08 bits per heavy atom. The van der Waals surface area contributed by atoms with E-state index in [1.165, 1.54) is 6.92 Å². The van der Waals surface area contributed by atoms with Crippen molar-refractivity contribution in [3.8, 4) is 0 Å². The van der Waals surface area contributed by atoms with Gasteiger partial charge in [-0.25, -0.2) is 4.79 Å². The van der Waals surface area contributed by atoms with Crippen LogP contribution < -0.4 is 0 Å². The molecule has 1 aliphatic rings. The summed E-state index contributed by atoms with van der Waals surface area (Å²) < 4.78 is 9.66. The Balaban J connectivity index is 2.63. The summed E-state index contributed by atoms with van der Waals surface area (Å²) in [6, 6.07) is 0. The number of carbonyl (C=O) groups is 2. The Labute approximate surface area is 70.8 Å². The lowest BCUT2D eigenvalue weighted by atomic mass is 10.0. The van der Waals surface area contributed by atoms with E-state index < -0.39 is 18.0 Å². The molecule has 3 atom stereocenters. The second-order valence-corrected chi connectivity index (χ2v) is 3.03. The molecule has 68 valence electrons. The predicted octanol–water partition coefficient (Wildman–Crippen LogP) is 0.499. The highest BCUT2D eigenvalue weighted by atomic mass is 16.6. The minimum atomic E-state index is -0.711. The lowest BCUT2D eigenvalue weighted by molar-refractivity contribution is -0.160. The maximum atomic E-state index is 11.0. The number of rotatable bonds is 1. The van der Waals surface area contributed by atoms with E-state index in [4.69, 9.17) is 9.47 Å². The van der Waals surface area contributed by atoms with Crippen LogP contribution in [-0.2, 0) is 19.1 Å². The molecule has 0 bridgehead atoms. The smallest absolute Gasteiger partial charge is 0.348 e. The molecule has 3 unspecified atom stereocenters. The van der Waals surface area contributed by atoms with Crippen molar-refractivity contribution >= 4 is 11.9 Å². The van der Waals surface area contributed by atoms with Gasteiger partial charge in [-0.1, -0.05) is 6.92 Å². The molecule has 0 radical (unpaired) electrons. The van der Waals surface area contributed by atoms with Gasteiger partial charge in [-0.3, -0.25) is 4.79 Å². The van der Waals surface area contributed by atoms with Gasteiger partial charge in [-0.15, -0.1) is 0 Å². The van der Waals surface area contributed by atoms with Gasteiger partial charge in [0.1, 0.15) is 6.10 Å². The van der Waals surface area contributed by atoms with E-state index in [-0.39, 0.29) is 12.0 Å². The first kappa shape index (κ1) is 9.03. The van der Waals surface area contributed by atoms with Crippen molar-refractivity contribution in [3.63, 3.8) is 0 Å². The number of hydrogen-bond acceptors (Lipinski definition) is 4. The highest BCUT2D eigenvalue weighted by Gasteiger charge is 2.41. The van der Waals surface area contributed by atoms with E-state index in [1.54, 1.807) is 6.92 Å². The number of ether oxygens (including phenoxy) is 2. The fourth-order valence-corrected chi connectivity index (χ4v) is 1.15. The van der Waals surface area contributed by atoms with Gasteiger partial charge in [-0.2, -0.15) is 0 Å². The van der Waals surface area contributed by atoms with Crippen molar-refractivity contribution in [1.29, 1.82) is 0 Å². The standard InChI is InChI=1S/C8H12O4/c1-4-5(2)11-8(10)7(4)12-6(3)9/h4-5,7H,1-3H3. The fraction of sp³-hybridized carbons (Fsp3) is 0.750. The van der Waals surface area contributed by atoms with Gasteiger partial charge in [0, 0.05) is 12.8 Å². The summed E-state index contributed by atoms with van der Waals surface area (Å²) in [7, 11) is 0. The van der Waals surface area contributed by atoms with Gasteiger partial charge >= 0.3 is 11.9 Å². The molecule has 0 aliphatic carbocycles. The zero-order valence-corrected chi connectivity index (χ0v) is 7.37. The molecule has 0 aromatic carbocycles. The molecule has 0 aromatic rings. The van der Waals surface area contributed by atoms with E-state index in [0.717, 1.165) is 0 Å². The Morgan fingerprint density at radius 1 is 1.50 bits per heavy atom. The molecule has 4 nitrogen and oxygen atoms in total. The molecule has 12 heavy (non-hydrogen) atoms. The third-order valence-corrected chi connectivity index (χ3v) is 2.05. The minimum Gasteiger partial charge on any atom is -0.459 e. The lowest BCUT2D eigenvalue weighted by Gasteiger charge is -2.11. The molecule has 1 aliphatic heterocycles. The largest absolute Gasteiger partial charge is 0.459 e. The summed E-state index contributed by atoms with van der Waals surface area (Å²) in [5.41, 5.74) is 0. The van der Waals surface area contributed by atoms with Crippen LogP contribution in [0.1, 0.15) is 20.8 Å². The SMILES string of the molecule is CC(=O)OC1C(=O)OC(C)C1C. The molecular formula is C8H12O4. The quantitative estimate of drug-likeness (QED) is 0.540. The van der Waals surface area contributed by atoms with Gasteiger partial charge in [0.15, 0.2) is 0 Å². The molecule has 0 saturated carbocycles. The first-order valence-corrected chi connectivity index (χ1v) is 3.90. The van der Waals surface area contributed by atoms with Crippen molar-refractivity contribution in [2.24, 2.45) is 5.92 Å². The molecule has 1 saturated heterocycles. The monoisotopic (exact) mass is 172 g/mol. The van der Waals surface area contributed by atoms with Crippen LogP contribution in [-0.4, -0.2) is 24.1 Å². The zero-order chi connectivity index (χ0) is 9.30. The second-order valence-electron chi connectivity index (χ2n) is 3.03. The van der Waals surface area contributed by atoms with Crippen molar-refractivity contribution in [3.05, 3.63) is 0 Å². The summed E-state index contributed by atoms with van der Waals surface area (Å²) >= 11 is 0. The van der Waals surface area contributed by atoms with E-state index in [9.17, 15) is 9.59 Å². The highest BCUT2D eigenvalue weighted by molar-refractivity contribution is 5.80. The molecule has 1 rings (SSSR count). The summed E-state index contributed by atoms with van der Waals surface area (Å²) in [6.07, 6.45) is -0.876. The van der Waals surface area contributed by atoms with E-state index >= 15 is 0 Å². The first-order valence-electron chi connectivity index (χ1n) is 3.90. The lowest BCUT2D eigenvalue weighted by Crippen LogP contribution is -2.27. The van der Waals surface area contributed by atoms with Crippen LogP contribution in [0.5, 0.6) is 0 Å². The van der Waals surface area contributed by atoms with Crippen LogP contribution in [0.25, 0.3) is 0 Å². The molecule has 4 heteroatoms. The van der Waals surface area contributed by atoms with Crippen molar-refractivity contribution < 1.29 is 19.1 Å². The molecular weight excluding hydrogens is 160 g/mol. The zero-order valence-electron chi connectivity index (χ0n) is 7.37. The summed E-state index contributed by atoms with van der Waals surface area (Å²) in [5, 5.41) is 0. The average Bonchev–Trinajstić information content (AvgIpc) is 2.16. The number of cyclic esters (lactones) is 1. The van der Waals surface area contributed by atoms with Crippen LogP contribution in [0.15, 0.2) is 0 Å². The van der Waals surface area contributed by atoms with Gasteiger partial charge in [0.05, 0.1) is 0 Å². The van der Waals surface area contributed by atoms with E-state index in [0.29, 0.717) is 0 Å². The molecule has 1 fully saturated rings. The number of esters is 2. The van der Waals surface area contributed by atoms with Gasteiger partial charge in [-0.05, 0) is 6.92 Å². The molecule has 1 heterocycles. The van der Waals surface area contributed by atoms with Gasteiger partial charge in [0.2, 0.25) is 6.10 Å². The molecule has 0 spiro atoms. The average molecular weight is 172 g/mol. The van der Waals surface area contributed by atoms with Gasteiger partial charge < -0.3 is 9.47 Å². The Morgan fingerprint density at radius 3 is 2.42 bits per heavy atom. The summed E-state index contributed by atoms with van der Waals surface area (Å²) in [5.74, 6) is -0.940. The topological polar surface area (TPSA) is 52.6 Å². The first-order chi connectivity index (χ1) is 5.52. The Bertz CT molecular complexity index is 211. The van der Waals surface area contributed by atoms with Crippen LogP contribution in [0.4, 0.5) is 0 Å². The van der Waals surface area contributed by atoms with Crippen molar-refractivity contribution in [2.75, 3.05) is 0 Å². The third-order valence-electron chi connectivity index (χ3n) is 2.05. The Hall–Kier alpha value is -1.06. The highest BCUT2D eigenvalue weighted by Crippen LogP contribution is 2.24. The van der Waals surface area contributed by atoms with Crippen LogP contribution in [0.3, 0.4) is 0 Å². The second kappa shape index (κ2) is 3.13. The van der Waals surface area contributed by atoms with Crippen LogP contribution >= 0.6 is 0 Å². The molecule has 0 aromatic heterocycles. The van der Waals surface area contributed by atoms with Crippen molar-refractivity contribution in [2.45, 2.75) is 33.0 Å². The minimum absolute atomic E-state index is 0.0543. The normalized spacial score (nSPS) is 34.6. The van der Waals surface area contributed by atoms with E-state index in [2.05, 4.69) is 0 Å². The van der Waals surface area contributed by atoms with Crippen molar-refractivity contribution in [1.82, 2.24) is 0 Å². The maximum Gasteiger partial charge on any atom is 0.348 e. The van der Waals surface area contributed by atoms with E-state index in [1.807, 2.05) is 6.92 Å². The van der Waals surface area contributed by atoms with Crippen LogP contribution in [0, 0.1) is 5.92 Å². The molecule has 0 N–H and O–H groups in total. The number of hydrogen-bond donors (Lipinski definition) is 0. The Kier molecular flexibility index (Phi) is 2.35. The predicted molar refractivity (Wildman–Crippen MR) is 40.3 cm³/mol.